The Labute approximate surface area is 158 Å². The van der Waals surface area contributed by atoms with Crippen LogP contribution in [-0.4, -0.2) is 40.0 Å². The Morgan fingerprint density at radius 3 is 2.70 bits per heavy atom. The second-order valence-electron chi connectivity index (χ2n) is 8.11. The maximum Gasteiger partial charge on any atom is 0.258 e. The molecule has 0 bridgehead atoms. The smallest absolute Gasteiger partial charge is 0.258 e. The second kappa shape index (κ2) is 6.30. The topological polar surface area (TPSA) is 67.2 Å². The summed E-state index contributed by atoms with van der Waals surface area (Å²) in [5.41, 5.74) is 2.53. The molecular formula is C21H24N4O2. The van der Waals surface area contributed by atoms with Crippen LogP contribution in [0, 0.1) is 5.41 Å². The van der Waals surface area contributed by atoms with Gasteiger partial charge in [-0.2, -0.15) is 0 Å². The first-order valence-corrected chi connectivity index (χ1v) is 9.82. The van der Waals surface area contributed by atoms with Crippen LogP contribution in [0.4, 0.5) is 0 Å². The third-order valence-electron chi connectivity index (χ3n) is 6.39. The zero-order valence-corrected chi connectivity index (χ0v) is 15.4. The highest BCUT2D eigenvalue weighted by Gasteiger charge is 2.41. The van der Waals surface area contributed by atoms with E-state index in [0.29, 0.717) is 30.6 Å². The van der Waals surface area contributed by atoms with Crippen molar-refractivity contribution in [3.8, 4) is 0 Å². The molecule has 1 spiro atoms. The number of aromatic nitrogens is 2. The van der Waals surface area contributed by atoms with Crippen molar-refractivity contribution in [1.29, 1.82) is 0 Å². The molecule has 1 saturated heterocycles. The predicted octanol–water partition coefficient (Wildman–Crippen LogP) is 1.37. The molecule has 2 aromatic rings. The molecule has 0 atom stereocenters. The Hall–Kier alpha value is -2.47. The third kappa shape index (κ3) is 2.79. The monoisotopic (exact) mass is 364 g/mol. The maximum atomic E-state index is 13.2. The number of carbonyl (C=O) groups is 1. The van der Waals surface area contributed by atoms with E-state index in [1.54, 1.807) is 4.90 Å². The predicted molar refractivity (Wildman–Crippen MR) is 102 cm³/mol. The summed E-state index contributed by atoms with van der Waals surface area (Å²) < 4.78 is 1.89. The molecule has 3 aliphatic rings. The molecule has 27 heavy (non-hydrogen) atoms. The normalized spacial score (nSPS) is 20.4. The summed E-state index contributed by atoms with van der Waals surface area (Å²) >= 11 is 0. The molecule has 0 radical (unpaired) electrons. The molecule has 1 N–H and O–H groups in total. The van der Waals surface area contributed by atoms with Gasteiger partial charge in [0.1, 0.15) is 5.82 Å². The van der Waals surface area contributed by atoms with Crippen LogP contribution in [0.25, 0.3) is 0 Å². The molecular weight excluding hydrogens is 340 g/mol. The fraction of sp³-hybridized carbons (Fsp3) is 0.476. The number of hydrogen-bond acceptors (Lipinski definition) is 4. The lowest BCUT2D eigenvalue weighted by atomic mass is 9.78. The van der Waals surface area contributed by atoms with E-state index >= 15 is 0 Å². The van der Waals surface area contributed by atoms with E-state index in [2.05, 4.69) is 5.32 Å². The lowest BCUT2D eigenvalue weighted by molar-refractivity contribution is 0.0732. The van der Waals surface area contributed by atoms with Gasteiger partial charge in [-0.3, -0.25) is 14.2 Å². The molecule has 1 aromatic heterocycles. The number of nitrogens with zero attached hydrogens (tertiary/aromatic N) is 3. The number of benzene rings is 1. The van der Waals surface area contributed by atoms with Crippen molar-refractivity contribution in [2.75, 3.05) is 19.6 Å². The summed E-state index contributed by atoms with van der Waals surface area (Å²) in [6.07, 6.45) is 3.76. The molecule has 1 fully saturated rings. The second-order valence-corrected chi connectivity index (χ2v) is 8.11. The summed E-state index contributed by atoms with van der Waals surface area (Å²) in [6, 6.07) is 9.29. The quantitative estimate of drug-likeness (QED) is 0.830. The summed E-state index contributed by atoms with van der Waals surface area (Å²) in [7, 11) is 0. The molecule has 3 aliphatic heterocycles. The molecule has 6 heteroatoms. The first-order chi connectivity index (χ1) is 13.2. The van der Waals surface area contributed by atoms with Gasteiger partial charge in [0.15, 0.2) is 0 Å². The molecule has 6 nitrogen and oxygen atoms in total. The fourth-order valence-electron chi connectivity index (χ4n) is 4.82. The van der Waals surface area contributed by atoms with Crippen LogP contribution < -0.4 is 10.9 Å². The van der Waals surface area contributed by atoms with Crippen LogP contribution in [0.5, 0.6) is 0 Å². The van der Waals surface area contributed by atoms with Crippen LogP contribution in [0.15, 0.2) is 35.1 Å². The Kier molecular flexibility index (Phi) is 3.90. The first-order valence-electron chi connectivity index (χ1n) is 9.82. The zero-order chi connectivity index (χ0) is 18.4. The first kappa shape index (κ1) is 16.7. The van der Waals surface area contributed by atoms with Gasteiger partial charge in [0, 0.05) is 31.5 Å². The lowest BCUT2D eigenvalue weighted by Gasteiger charge is -2.32. The van der Waals surface area contributed by atoms with Crippen molar-refractivity contribution in [1.82, 2.24) is 19.8 Å². The van der Waals surface area contributed by atoms with Gasteiger partial charge < -0.3 is 10.2 Å². The Balaban J connectivity index is 1.44. The summed E-state index contributed by atoms with van der Waals surface area (Å²) in [5, 5.41) is 3.41. The van der Waals surface area contributed by atoms with Gasteiger partial charge in [-0.25, -0.2) is 4.98 Å². The summed E-state index contributed by atoms with van der Waals surface area (Å²) in [6.45, 7) is 3.79. The van der Waals surface area contributed by atoms with Gasteiger partial charge in [-0.05, 0) is 43.5 Å². The Bertz CT molecular complexity index is 945. The van der Waals surface area contributed by atoms with Crippen LogP contribution >= 0.6 is 0 Å². The van der Waals surface area contributed by atoms with Crippen molar-refractivity contribution in [3.05, 3.63) is 63.3 Å². The minimum atomic E-state index is -0.0130. The van der Waals surface area contributed by atoms with Gasteiger partial charge in [-0.15, -0.1) is 0 Å². The van der Waals surface area contributed by atoms with E-state index in [-0.39, 0.29) is 16.9 Å². The number of carbonyl (C=O) groups excluding carboxylic acids is 1. The van der Waals surface area contributed by atoms with E-state index < -0.39 is 0 Å². The van der Waals surface area contributed by atoms with Crippen LogP contribution in [0.3, 0.4) is 0 Å². The van der Waals surface area contributed by atoms with Gasteiger partial charge in [0.2, 0.25) is 0 Å². The summed E-state index contributed by atoms with van der Waals surface area (Å²) in [4.78, 5) is 32.6. The van der Waals surface area contributed by atoms with E-state index in [4.69, 9.17) is 4.98 Å². The minimum Gasteiger partial charge on any atom is -0.334 e. The van der Waals surface area contributed by atoms with Gasteiger partial charge in [0.25, 0.3) is 11.5 Å². The SMILES string of the molecule is O=C(c1ccccc1)N1CCc2nc3n(c(=O)c2C1)CC1(CCNCC1)C3. The van der Waals surface area contributed by atoms with Crippen LogP contribution in [-0.2, 0) is 25.9 Å². The molecule has 1 amide bonds. The lowest BCUT2D eigenvalue weighted by Crippen LogP contribution is -2.41. The summed E-state index contributed by atoms with van der Waals surface area (Å²) in [5.74, 6) is 0.935. The highest BCUT2D eigenvalue weighted by Crippen LogP contribution is 2.38. The number of fused-ring (bicyclic) bond motifs is 2. The molecule has 4 heterocycles. The fourth-order valence-corrected chi connectivity index (χ4v) is 4.82. The zero-order valence-electron chi connectivity index (χ0n) is 15.4. The molecule has 5 rings (SSSR count). The highest BCUT2D eigenvalue weighted by molar-refractivity contribution is 5.94. The van der Waals surface area contributed by atoms with Crippen molar-refractivity contribution in [2.45, 2.75) is 38.8 Å². The standard InChI is InChI=1S/C21H24N4O2/c26-19(15-4-2-1-3-5-15)24-11-6-17-16(13-24)20(27)25-14-21(12-18(25)23-17)7-9-22-10-8-21/h1-5,22H,6-14H2. The van der Waals surface area contributed by atoms with Gasteiger partial charge in [0.05, 0.1) is 17.8 Å². The van der Waals surface area contributed by atoms with E-state index in [9.17, 15) is 9.59 Å². The van der Waals surface area contributed by atoms with Crippen molar-refractivity contribution >= 4 is 5.91 Å². The van der Waals surface area contributed by atoms with Crippen molar-refractivity contribution in [3.63, 3.8) is 0 Å². The van der Waals surface area contributed by atoms with E-state index in [0.717, 1.165) is 50.4 Å². The van der Waals surface area contributed by atoms with Gasteiger partial charge in [-0.1, -0.05) is 18.2 Å². The number of hydrogen-bond donors (Lipinski definition) is 1. The van der Waals surface area contributed by atoms with Crippen molar-refractivity contribution < 1.29 is 4.79 Å². The Morgan fingerprint density at radius 2 is 1.93 bits per heavy atom. The average molecular weight is 364 g/mol. The highest BCUT2D eigenvalue weighted by atomic mass is 16.2. The van der Waals surface area contributed by atoms with Crippen LogP contribution in [0.1, 0.15) is 40.3 Å². The maximum absolute atomic E-state index is 13.2. The molecule has 0 saturated carbocycles. The third-order valence-corrected chi connectivity index (χ3v) is 6.39. The number of nitrogens with one attached hydrogen (secondary N) is 1. The number of amides is 1. The van der Waals surface area contributed by atoms with Crippen LogP contribution in [0.2, 0.25) is 0 Å². The number of rotatable bonds is 1. The largest absolute Gasteiger partial charge is 0.334 e. The van der Waals surface area contributed by atoms with E-state index in [1.807, 2.05) is 34.9 Å². The molecule has 0 unspecified atom stereocenters. The molecule has 0 aliphatic carbocycles. The molecule has 1 aromatic carbocycles. The van der Waals surface area contributed by atoms with Crippen molar-refractivity contribution in [2.24, 2.45) is 5.41 Å². The van der Waals surface area contributed by atoms with E-state index in [1.165, 1.54) is 0 Å². The van der Waals surface area contributed by atoms with Gasteiger partial charge >= 0.3 is 0 Å². The molecule has 140 valence electrons. The average Bonchev–Trinajstić information content (AvgIpc) is 3.06. The minimum absolute atomic E-state index is 0.0130. The number of piperidine rings is 1. The Morgan fingerprint density at radius 1 is 1.15 bits per heavy atom.